The van der Waals surface area contributed by atoms with E-state index in [1.165, 1.54) is 22.3 Å². The summed E-state index contributed by atoms with van der Waals surface area (Å²) < 4.78 is 5.45. The van der Waals surface area contributed by atoms with E-state index >= 15 is 0 Å². The summed E-state index contributed by atoms with van der Waals surface area (Å²) in [6, 6.07) is 15.4. The van der Waals surface area contributed by atoms with Crippen molar-refractivity contribution < 1.29 is 4.74 Å². The monoisotopic (exact) mass is 295 g/mol. The maximum atomic E-state index is 5.45. The van der Waals surface area contributed by atoms with Crippen LogP contribution in [0.2, 0.25) is 0 Å². The van der Waals surface area contributed by atoms with Gasteiger partial charge in [0.2, 0.25) is 0 Å². The molecule has 0 spiro atoms. The fraction of sp³-hybridized carbons (Fsp3) is 0.400. The molecule has 1 aliphatic carbocycles. The van der Waals surface area contributed by atoms with Gasteiger partial charge in [0, 0.05) is 0 Å². The van der Waals surface area contributed by atoms with Crippen LogP contribution in [0.5, 0.6) is 5.75 Å². The van der Waals surface area contributed by atoms with Crippen LogP contribution < -0.4 is 10.1 Å². The lowest BCUT2D eigenvalue weighted by Gasteiger charge is -2.32. The fourth-order valence-electron chi connectivity index (χ4n) is 3.82. The molecule has 0 unspecified atom stereocenters. The van der Waals surface area contributed by atoms with Crippen molar-refractivity contribution in [2.75, 3.05) is 14.2 Å². The van der Waals surface area contributed by atoms with Gasteiger partial charge in [0.25, 0.3) is 0 Å². The number of fused-ring (bicyclic) bond motifs is 2. The van der Waals surface area contributed by atoms with E-state index in [0.29, 0.717) is 5.92 Å². The number of hydrogen-bond donors (Lipinski definition) is 1. The molecule has 0 saturated carbocycles. The largest absolute Gasteiger partial charge is 0.497 e. The smallest absolute Gasteiger partial charge is 0.119 e. The lowest BCUT2D eigenvalue weighted by atomic mass is 9.81. The normalized spacial score (nSPS) is 23.4. The number of ether oxygens (including phenoxy) is 1. The second-order valence-electron chi connectivity index (χ2n) is 6.29. The molecule has 2 heteroatoms. The van der Waals surface area contributed by atoms with Crippen LogP contribution in [0, 0.1) is 0 Å². The number of rotatable bonds is 3. The first kappa shape index (κ1) is 15.1. The fourth-order valence-corrected chi connectivity index (χ4v) is 3.82. The Morgan fingerprint density at radius 2 is 1.95 bits per heavy atom. The van der Waals surface area contributed by atoms with Crippen molar-refractivity contribution in [1.29, 1.82) is 0 Å². The molecular formula is C20H25NO. The van der Waals surface area contributed by atoms with Gasteiger partial charge in [-0.2, -0.15) is 0 Å². The van der Waals surface area contributed by atoms with E-state index in [1.54, 1.807) is 7.11 Å². The molecule has 2 nitrogen and oxygen atoms in total. The zero-order valence-electron chi connectivity index (χ0n) is 13.9. The van der Waals surface area contributed by atoms with E-state index in [4.69, 9.17) is 4.74 Å². The van der Waals surface area contributed by atoms with E-state index in [1.807, 2.05) is 0 Å². The lowest BCUT2D eigenvalue weighted by Crippen LogP contribution is -2.38. The Labute approximate surface area is 133 Å². The Morgan fingerprint density at radius 1 is 1.18 bits per heavy atom. The van der Waals surface area contributed by atoms with Gasteiger partial charge in [-0.1, -0.05) is 37.3 Å². The Balaban J connectivity index is 2.28. The molecule has 0 fully saturated rings. The molecule has 22 heavy (non-hydrogen) atoms. The van der Waals surface area contributed by atoms with Gasteiger partial charge in [-0.05, 0) is 67.1 Å². The van der Waals surface area contributed by atoms with Crippen molar-refractivity contribution in [3.8, 4) is 5.75 Å². The summed E-state index contributed by atoms with van der Waals surface area (Å²) in [5.74, 6) is 1.50. The third kappa shape index (κ3) is 2.22. The summed E-state index contributed by atoms with van der Waals surface area (Å²) in [7, 11) is 3.79. The van der Waals surface area contributed by atoms with E-state index in [9.17, 15) is 0 Å². The second kappa shape index (κ2) is 5.77. The third-order valence-electron chi connectivity index (χ3n) is 5.25. The molecule has 116 valence electrons. The van der Waals surface area contributed by atoms with Gasteiger partial charge >= 0.3 is 0 Å². The van der Waals surface area contributed by atoms with Crippen molar-refractivity contribution in [3.05, 3.63) is 64.7 Å². The van der Waals surface area contributed by atoms with Gasteiger partial charge in [-0.15, -0.1) is 0 Å². The van der Waals surface area contributed by atoms with Crippen LogP contribution in [0.1, 0.15) is 48.4 Å². The summed E-state index contributed by atoms with van der Waals surface area (Å²) in [5, 5.41) is 3.57. The minimum atomic E-state index is -0.165. The minimum absolute atomic E-state index is 0.165. The Morgan fingerprint density at radius 3 is 2.64 bits per heavy atom. The summed E-state index contributed by atoms with van der Waals surface area (Å²) in [6.07, 6.45) is 2.21. The molecule has 0 aromatic heterocycles. The summed E-state index contributed by atoms with van der Waals surface area (Å²) >= 11 is 0. The SMILES string of the molecule is CC[C@@H]1Cc2cc(OC)ccc2[C@](C)(NC)c2ccccc21. The highest BCUT2D eigenvalue weighted by Gasteiger charge is 2.36. The third-order valence-corrected chi connectivity index (χ3v) is 5.25. The van der Waals surface area contributed by atoms with Crippen LogP contribution >= 0.6 is 0 Å². The van der Waals surface area contributed by atoms with E-state index in [2.05, 4.69) is 68.7 Å². The van der Waals surface area contributed by atoms with Crippen LogP contribution in [-0.2, 0) is 12.0 Å². The van der Waals surface area contributed by atoms with E-state index < -0.39 is 0 Å². The van der Waals surface area contributed by atoms with Crippen molar-refractivity contribution >= 4 is 0 Å². The molecule has 0 amide bonds. The summed E-state index contributed by atoms with van der Waals surface area (Å²) in [6.45, 7) is 4.57. The molecule has 1 aliphatic rings. The highest BCUT2D eigenvalue weighted by molar-refractivity contribution is 5.52. The molecule has 0 bridgehead atoms. The zero-order valence-corrected chi connectivity index (χ0v) is 13.9. The maximum Gasteiger partial charge on any atom is 0.119 e. The van der Waals surface area contributed by atoms with Gasteiger partial charge < -0.3 is 10.1 Å². The first-order valence-electron chi connectivity index (χ1n) is 8.09. The van der Waals surface area contributed by atoms with Crippen LogP contribution in [-0.4, -0.2) is 14.2 Å². The van der Waals surface area contributed by atoms with Crippen molar-refractivity contribution in [1.82, 2.24) is 5.32 Å². The topological polar surface area (TPSA) is 21.3 Å². The minimum Gasteiger partial charge on any atom is -0.497 e. The highest BCUT2D eigenvalue weighted by atomic mass is 16.5. The molecule has 0 saturated heterocycles. The molecule has 3 rings (SSSR count). The number of hydrogen-bond acceptors (Lipinski definition) is 2. The summed E-state index contributed by atoms with van der Waals surface area (Å²) in [4.78, 5) is 0. The van der Waals surface area contributed by atoms with E-state index in [-0.39, 0.29) is 5.54 Å². The predicted octanol–water partition coefficient (Wildman–Crippen LogP) is 4.23. The van der Waals surface area contributed by atoms with Crippen molar-refractivity contribution in [2.24, 2.45) is 0 Å². The van der Waals surface area contributed by atoms with Crippen LogP contribution in [0.15, 0.2) is 42.5 Å². The molecule has 2 atom stereocenters. The molecule has 0 aliphatic heterocycles. The molecule has 1 N–H and O–H groups in total. The van der Waals surface area contributed by atoms with Gasteiger partial charge in [0.15, 0.2) is 0 Å². The summed E-state index contributed by atoms with van der Waals surface area (Å²) in [5.41, 5.74) is 5.45. The molecular weight excluding hydrogens is 270 g/mol. The van der Waals surface area contributed by atoms with Gasteiger partial charge in [-0.3, -0.25) is 0 Å². The average molecular weight is 295 g/mol. The van der Waals surface area contributed by atoms with Crippen LogP contribution in [0.25, 0.3) is 0 Å². The Bertz CT molecular complexity index is 679. The molecule has 2 aromatic rings. The first-order chi connectivity index (χ1) is 10.6. The van der Waals surface area contributed by atoms with Gasteiger partial charge in [0.1, 0.15) is 5.75 Å². The molecule has 0 radical (unpaired) electrons. The van der Waals surface area contributed by atoms with Crippen molar-refractivity contribution in [3.63, 3.8) is 0 Å². The Kier molecular flexibility index (Phi) is 3.96. The van der Waals surface area contributed by atoms with Gasteiger partial charge in [-0.25, -0.2) is 0 Å². The lowest BCUT2D eigenvalue weighted by molar-refractivity contribution is 0.412. The second-order valence-corrected chi connectivity index (χ2v) is 6.29. The van der Waals surface area contributed by atoms with Crippen molar-refractivity contribution in [2.45, 2.75) is 38.1 Å². The maximum absolute atomic E-state index is 5.45. The van der Waals surface area contributed by atoms with E-state index in [0.717, 1.165) is 18.6 Å². The predicted molar refractivity (Wildman–Crippen MR) is 91.7 cm³/mol. The number of methoxy groups -OCH3 is 1. The zero-order chi connectivity index (χ0) is 15.7. The number of benzene rings is 2. The van der Waals surface area contributed by atoms with Crippen LogP contribution in [0.3, 0.4) is 0 Å². The van der Waals surface area contributed by atoms with Gasteiger partial charge in [0.05, 0.1) is 12.6 Å². The highest BCUT2D eigenvalue weighted by Crippen LogP contribution is 2.43. The molecule has 0 heterocycles. The Hall–Kier alpha value is -1.80. The quantitative estimate of drug-likeness (QED) is 0.915. The first-order valence-corrected chi connectivity index (χ1v) is 8.09. The number of nitrogens with one attached hydrogen (secondary N) is 1. The average Bonchev–Trinajstić information content (AvgIpc) is 2.68. The van der Waals surface area contributed by atoms with Crippen LogP contribution in [0.4, 0.5) is 0 Å². The molecule has 2 aromatic carbocycles. The standard InChI is InChI=1S/C20H25NO/c1-5-14-12-15-13-16(22-4)10-11-18(15)20(2,21-3)19-9-7-6-8-17(14)19/h6-11,13-14,21H,5,12H2,1-4H3/t14-,20+/m1/s1.